The fraction of sp³-hybridized carbons (Fsp3) is 0.833. The van der Waals surface area contributed by atoms with Gasteiger partial charge < -0.3 is 0 Å². The average molecular weight is 384 g/mol. The summed E-state index contributed by atoms with van der Waals surface area (Å²) in [6.45, 7) is 1.39. The molecule has 0 aliphatic heterocycles. The third-order valence-electron chi connectivity index (χ3n) is 3.27. The second-order valence-electron chi connectivity index (χ2n) is 4.52. The van der Waals surface area contributed by atoms with Crippen LogP contribution >= 0.6 is 26.3 Å². The van der Waals surface area contributed by atoms with Crippen molar-refractivity contribution in [1.82, 2.24) is 0 Å². The third-order valence-corrected chi connectivity index (χ3v) is 14.3. The minimum absolute atomic E-state index is 0.555. The molecule has 0 heterocycles. The Morgan fingerprint density at radius 3 is 1.56 bits per heavy atom. The molecule has 0 saturated heterocycles. The Balaban J connectivity index is 4.96. The topological polar surface area (TPSA) is 66.0 Å². The van der Waals surface area contributed by atoms with Crippen molar-refractivity contribution in [1.29, 1.82) is 10.5 Å². The molecule has 0 fully saturated rings. The van der Waals surface area contributed by atoms with E-state index in [0.29, 0.717) is 26.1 Å². The Hall–Kier alpha value is 0.0600. The summed E-state index contributed by atoms with van der Waals surface area (Å²) in [5, 5.41) is 17.7. The predicted molar refractivity (Wildman–Crippen MR) is 84.6 cm³/mol. The van der Waals surface area contributed by atoms with E-state index < -0.39 is 4.25 Å². The SMILES string of the molecule is COCCP(I)(CCC#N)(CCC#N)CCOC. The van der Waals surface area contributed by atoms with Crippen molar-refractivity contribution >= 4 is 26.3 Å². The van der Waals surface area contributed by atoms with Crippen LogP contribution in [0.1, 0.15) is 12.8 Å². The molecule has 0 aliphatic carbocycles. The Morgan fingerprint density at radius 2 is 1.28 bits per heavy atom. The first-order valence-corrected chi connectivity index (χ1v) is 11.7. The fourth-order valence-corrected chi connectivity index (χ4v) is 8.53. The summed E-state index contributed by atoms with van der Waals surface area (Å²) in [6.07, 6.45) is 4.85. The summed E-state index contributed by atoms with van der Waals surface area (Å²) >= 11 is 2.57. The first-order valence-electron chi connectivity index (χ1n) is 5.98. The van der Waals surface area contributed by atoms with E-state index in [1.54, 1.807) is 14.2 Å². The number of nitrogens with zero attached hydrogens (tertiary/aromatic N) is 2. The molecule has 0 amide bonds. The van der Waals surface area contributed by atoms with Gasteiger partial charge in [0.2, 0.25) is 0 Å². The van der Waals surface area contributed by atoms with Crippen LogP contribution in [0.4, 0.5) is 0 Å². The van der Waals surface area contributed by atoms with Crippen molar-refractivity contribution in [2.24, 2.45) is 0 Å². The molecule has 0 atom stereocenters. The van der Waals surface area contributed by atoms with Crippen LogP contribution in [0.15, 0.2) is 0 Å². The van der Waals surface area contributed by atoms with Crippen LogP contribution in [0.3, 0.4) is 0 Å². The molecule has 18 heavy (non-hydrogen) atoms. The van der Waals surface area contributed by atoms with Gasteiger partial charge in [-0.25, -0.2) is 0 Å². The minimum atomic E-state index is -2.09. The summed E-state index contributed by atoms with van der Waals surface area (Å²) in [4.78, 5) is 0. The van der Waals surface area contributed by atoms with Crippen molar-refractivity contribution in [3.8, 4) is 12.1 Å². The molecule has 4 nitrogen and oxygen atoms in total. The molecule has 0 radical (unpaired) electrons. The molecule has 0 unspecified atom stereocenters. The standard InChI is InChI=1S/C12H22IN2O2P/c1-16-7-11-18(13,9-3-5-14,10-4-6-15)12-8-17-2/h3-4,7-12H2,1-2H3. The van der Waals surface area contributed by atoms with Gasteiger partial charge in [-0.3, -0.25) is 0 Å². The average Bonchev–Trinajstić information content (AvgIpc) is 2.40. The zero-order valence-corrected chi connectivity index (χ0v) is 14.2. The van der Waals surface area contributed by atoms with E-state index in [1.807, 2.05) is 0 Å². The van der Waals surface area contributed by atoms with Gasteiger partial charge in [-0.2, -0.15) is 0 Å². The summed E-state index contributed by atoms with van der Waals surface area (Å²) in [7, 11) is 3.39. The van der Waals surface area contributed by atoms with Gasteiger partial charge in [0, 0.05) is 0 Å². The molecule has 0 N–H and O–H groups in total. The van der Waals surface area contributed by atoms with Crippen molar-refractivity contribution in [2.45, 2.75) is 12.8 Å². The zero-order chi connectivity index (χ0) is 13.9. The second-order valence-corrected chi connectivity index (χ2v) is 18.1. The van der Waals surface area contributed by atoms with Crippen LogP contribution in [0, 0.1) is 22.7 Å². The van der Waals surface area contributed by atoms with Crippen LogP contribution in [0.25, 0.3) is 0 Å². The summed E-state index contributed by atoms with van der Waals surface area (Å²) < 4.78 is 8.36. The molecule has 0 rings (SSSR count). The van der Waals surface area contributed by atoms with Crippen molar-refractivity contribution in [3.63, 3.8) is 0 Å². The normalized spacial score (nSPS) is 13.3. The molecular formula is C12H22IN2O2P. The van der Waals surface area contributed by atoms with Crippen molar-refractivity contribution in [3.05, 3.63) is 0 Å². The van der Waals surface area contributed by atoms with Crippen LogP contribution in [-0.2, 0) is 9.47 Å². The molecule has 0 bridgehead atoms. The number of hydrogen-bond acceptors (Lipinski definition) is 4. The van der Waals surface area contributed by atoms with Crippen LogP contribution < -0.4 is 0 Å². The predicted octanol–water partition coefficient (Wildman–Crippen LogP) is 3.01. The van der Waals surface area contributed by atoms with Crippen LogP contribution in [0.2, 0.25) is 0 Å². The number of methoxy groups -OCH3 is 2. The summed E-state index contributed by atoms with van der Waals surface area (Å²) in [5.41, 5.74) is 0. The van der Waals surface area contributed by atoms with E-state index in [4.69, 9.17) is 20.0 Å². The van der Waals surface area contributed by atoms with Crippen molar-refractivity contribution < 1.29 is 9.47 Å². The molecule has 104 valence electrons. The van der Waals surface area contributed by atoms with E-state index in [9.17, 15) is 0 Å². The summed E-state index contributed by atoms with van der Waals surface area (Å²) in [6, 6.07) is 4.48. The molecule has 0 aromatic rings. The number of halogens is 1. The van der Waals surface area contributed by atoms with Gasteiger partial charge in [0.15, 0.2) is 0 Å². The number of rotatable bonds is 10. The second kappa shape index (κ2) is 9.04. The molecule has 0 saturated carbocycles. The van der Waals surface area contributed by atoms with E-state index in [2.05, 4.69) is 34.2 Å². The summed E-state index contributed by atoms with van der Waals surface area (Å²) in [5.74, 6) is 0. The van der Waals surface area contributed by atoms with Gasteiger partial charge in [0.25, 0.3) is 0 Å². The first kappa shape index (κ1) is 18.1. The molecule has 0 spiro atoms. The van der Waals surface area contributed by atoms with E-state index in [0.717, 1.165) is 24.6 Å². The van der Waals surface area contributed by atoms with E-state index in [-0.39, 0.29) is 0 Å². The molecule has 0 aromatic carbocycles. The maximum absolute atomic E-state index is 8.86. The Labute approximate surface area is 123 Å². The third kappa shape index (κ3) is 6.29. The van der Waals surface area contributed by atoms with Gasteiger partial charge in [-0.05, 0) is 0 Å². The number of nitriles is 2. The van der Waals surface area contributed by atoms with Gasteiger partial charge in [-0.1, -0.05) is 0 Å². The van der Waals surface area contributed by atoms with Crippen LogP contribution in [-0.4, -0.2) is 52.1 Å². The Kier molecular flexibility index (Phi) is 9.07. The number of hydrogen-bond donors (Lipinski definition) is 0. The van der Waals surface area contributed by atoms with E-state index >= 15 is 0 Å². The molecular weight excluding hydrogens is 362 g/mol. The van der Waals surface area contributed by atoms with Crippen LogP contribution in [0.5, 0.6) is 0 Å². The van der Waals surface area contributed by atoms with Gasteiger partial charge >= 0.3 is 123 Å². The first-order chi connectivity index (χ1) is 8.54. The fourth-order valence-electron chi connectivity index (χ4n) is 1.97. The molecule has 0 aliphatic rings. The molecule has 0 aromatic heterocycles. The number of ether oxygens (including phenoxy) is 2. The maximum atomic E-state index is 8.86. The Bertz CT molecular complexity index is 295. The van der Waals surface area contributed by atoms with Gasteiger partial charge in [0.1, 0.15) is 0 Å². The zero-order valence-electron chi connectivity index (χ0n) is 11.2. The molecule has 6 heteroatoms. The quantitative estimate of drug-likeness (QED) is 0.429. The van der Waals surface area contributed by atoms with Gasteiger partial charge in [-0.15, -0.1) is 0 Å². The van der Waals surface area contributed by atoms with E-state index in [1.165, 1.54) is 0 Å². The van der Waals surface area contributed by atoms with Crippen molar-refractivity contribution in [2.75, 3.05) is 52.1 Å². The van der Waals surface area contributed by atoms with Gasteiger partial charge in [0.05, 0.1) is 0 Å². The monoisotopic (exact) mass is 384 g/mol. The Morgan fingerprint density at radius 1 is 0.889 bits per heavy atom.